The molecule has 7 aromatic rings. The zero-order valence-electron chi connectivity index (χ0n) is 21.2. The van der Waals surface area contributed by atoms with Gasteiger partial charge in [-0.05, 0) is 51.9 Å². The molecule has 0 N–H and O–H groups in total. The van der Waals surface area contributed by atoms with Gasteiger partial charge >= 0.3 is 0 Å². The van der Waals surface area contributed by atoms with Crippen molar-refractivity contribution in [3.63, 3.8) is 0 Å². The summed E-state index contributed by atoms with van der Waals surface area (Å²) in [6.07, 6.45) is 1.86. The molecule has 180 valence electrons. The Bertz CT molecular complexity index is 2050. The second-order valence-electron chi connectivity index (χ2n) is 10.6. The van der Waals surface area contributed by atoms with Gasteiger partial charge in [-0.3, -0.25) is 4.98 Å². The van der Waals surface area contributed by atoms with E-state index in [0.717, 1.165) is 50.0 Å². The zero-order valence-corrected chi connectivity index (χ0v) is 21.2. The van der Waals surface area contributed by atoms with Crippen LogP contribution in [0.3, 0.4) is 0 Å². The van der Waals surface area contributed by atoms with Crippen LogP contribution in [-0.4, -0.2) is 9.97 Å². The fourth-order valence-electron chi connectivity index (χ4n) is 6.15. The van der Waals surface area contributed by atoms with Gasteiger partial charge < -0.3 is 4.42 Å². The van der Waals surface area contributed by atoms with Crippen molar-refractivity contribution < 1.29 is 4.42 Å². The maximum atomic E-state index is 6.30. The van der Waals surface area contributed by atoms with E-state index >= 15 is 0 Å². The van der Waals surface area contributed by atoms with Crippen LogP contribution in [0.15, 0.2) is 114 Å². The maximum absolute atomic E-state index is 6.30. The zero-order chi connectivity index (χ0) is 25.4. The summed E-state index contributed by atoms with van der Waals surface area (Å²) >= 11 is 0. The minimum atomic E-state index is -0.0920. The van der Waals surface area contributed by atoms with Crippen LogP contribution in [-0.2, 0) is 5.41 Å². The van der Waals surface area contributed by atoms with Crippen molar-refractivity contribution in [2.45, 2.75) is 19.3 Å². The van der Waals surface area contributed by atoms with E-state index in [1.807, 2.05) is 24.4 Å². The molecule has 3 heterocycles. The second kappa shape index (κ2) is 7.62. The number of fused-ring (bicyclic) bond motifs is 8. The van der Waals surface area contributed by atoms with E-state index in [0.29, 0.717) is 0 Å². The molecule has 0 saturated heterocycles. The van der Waals surface area contributed by atoms with Crippen LogP contribution in [0.1, 0.15) is 25.0 Å². The van der Waals surface area contributed by atoms with Gasteiger partial charge in [0.1, 0.15) is 11.2 Å². The molecule has 4 aromatic carbocycles. The topological polar surface area (TPSA) is 38.9 Å². The van der Waals surface area contributed by atoms with Crippen molar-refractivity contribution in [1.82, 2.24) is 9.97 Å². The number of nitrogens with zero attached hydrogens (tertiary/aromatic N) is 2. The molecule has 3 aromatic heterocycles. The Morgan fingerprint density at radius 2 is 1.32 bits per heavy atom. The molecule has 1 aliphatic carbocycles. The van der Waals surface area contributed by atoms with Gasteiger partial charge in [0.05, 0.1) is 17.1 Å². The second-order valence-corrected chi connectivity index (χ2v) is 10.6. The standard InChI is InChI=1S/C35H24N2O/c1-35(2)28-11-7-19-36-32(28)33-29(35)17-18-30(37-33)22-15-13-21(14-16-22)26-20-27-24-9-5-6-12-31(24)38-34(27)25-10-4-3-8-23(25)26/h3-20H,1-2H3. The summed E-state index contributed by atoms with van der Waals surface area (Å²) in [7, 11) is 0. The smallest absolute Gasteiger partial charge is 0.143 e. The summed E-state index contributed by atoms with van der Waals surface area (Å²) in [5, 5.41) is 4.61. The minimum Gasteiger partial charge on any atom is -0.455 e. The molecule has 1 aliphatic rings. The Morgan fingerprint density at radius 3 is 2.16 bits per heavy atom. The Hall–Kier alpha value is -4.76. The predicted octanol–water partition coefficient (Wildman–Crippen LogP) is 9.17. The Morgan fingerprint density at radius 1 is 0.605 bits per heavy atom. The highest BCUT2D eigenvalue weighted by atomic mass is 16.3. The number of para-hydroxylation sites is 1. The van der Waals surface area contributed by atoms with Crippen LogP contribution in [0.25, 0.3) is 66.5 Å². The number of hydrogen-bond acceptors (Lipinski definition) is 3. The molecular formula is C35H24N2O. The molecule has 0 unspecified atom stereocenters. The van der Waals surface area contributed by atoms with Crippen LogP contribution >= 0.6 is 0 Å². The van der Waals surface area contributed by atoms with Crippen LogP contribution in [0.5, 0.6) is 0 Å². The van der Waals surface area contributed by atoms with Crippen LogP contribution in [0.4, 0.5) is 0 Å². The highest BCUT2D eigenvalue weighted by molar-refractivity contribution is 6.19. The first-order valence-corrected chi connectivity index (χ1v) is 13.0. The van der Waals surface area contributed by atoms with E-state index in [1.165, 1.54) is 27.6 Å². The van der Waals surface area contributed by atoms with E-state index in [4.69, 9.17) is 9.40 Å². The van der Waals surface area contributed by atoms with Crippen molar-refractivity contribution in [3.05, 3.63) is 120 Å². The number of furan rings is 1. The van der Waals surface area contributed by atoms with E-state index in [-0.39, 0.29) is 5.41 Å². The van der Waals surface area contributed by atoms with Gasteiger partial charge in [-0.25, -0.2) is 4.98 Å². The van der Waals surface area contributed by atoms with Gasteiger partial charge in [-0.15, -0.1) is 0 Å². The van der Waals surface area contributed by atoms with Gasteiger partial charge in [0, 0.05) is 33.3 Å². The maximum Gasteiger partial charge on any atom is 0.143 e. The van der Waals surface area contributed by atoms with Crippen molar-refractivity contribution in [2.75, 3.05) is 0 Å². The number of pyridine rings is 2. The molecule has 0 bridgehead atoms. The molecular weight excluding hydrogens is 464 g/mol. The molecule has 0 atom stereocenters. The summed E-state index contributed by atoms with van der Waals surface area (Å²) in [5.74, 6) is 0. The van der Waals surface area contributed by atoms with E-state index < -0.39 is 0 Å². The monoisotopic (exact) mass is 488 g/mol. The van der Waals surface area contributed by atoms with Gasteiger partial charge in [0.15, 0.2) is 0 Å². The lowest BCUT2D eigenvalue weighted by atomic mass is 9.83. The molecule has 38 heavy (non-hydrogen) atoms. The Balaban J connectivity index is 1.26. The fourth-order valence-corrected chi connectivity index (χ4v) is 6.15. The summed E-state index contributed by atoms with van der Waals surface area (Å²) in [6.45, 7) is 4.50. The lowest BCUT2D eigenvalue weighted by Crippen LogP contribution is -2.15. The van der Waals surface area contributed by atoms with Crippen molar-refractivity contribution in [2.24, 2.45) is 0 Å². The van der Waals surface area contributed by atoms with E-state index in [1.54, 1.807) is 0 Å². The first-order chi connectivity index (χ1) is 18.6. The summed E-state index contributed by atoms with van der Waals surface area (Å²) in [4.78, 5) is 9.79. The Labute approximate surface area is 220 Å². The van der Waals surface area contributed by atoms with Crippen LogP contribution < -0.4 is 0 Å². The lowest BCUT2D eigenvalue weighted by molar-refractivity contribution is 0.658. The average molecular weight is 489 g/mol. The summed E-state index contributed by atoms with van der Waals surface area (Å²) < 4.78 is 6.30. The number of hydrogen-bond donors (Lipinski definition) is 0. The first-order valence-electron chi connectivity index (χ1n) is 13.0. The van der Waals surface area contributed by atoms with Crippen LogP contribution in [0, 0.1) is 0 Å². The van der Waals surface area contributed by atoms with Gasteiger partial charge in [0.25, 0.3) is 0 Å². The molecule has 3 nitrogen and oxygen atoms in total. The molecule has 8 rings (SSSR count). The molecule has 0 radical (unpaired) electrons. The molecule has 0 saturated carbocycles. The molecule has 0 amide bonds. The molecule has 3 heteroatoms. The minimum absolute atomic E-state index is 0.0920. The highest BCUT2D eigenvalue weighted by Crippen LogP contribution is 2.47. The normalized spacial score (nSPS) is 13.7. The Kier molecular flexibility index (Phi) is 4.28. The highest BCUT2D eigenvalue weighted by Gasteiger charge is 2.37. The number of rotatable bonds is 2. The fraction of sp³-hybridized carbons (Fsp3) is 0.0857. The summed E-state index contributed by atoms with van der Waals surface area (Å²) in [6, 6.07) is 36.4. The molecule has 0 aliphatic heterocycles. The predicted molar refractivity (Wildman–Crippen MR) is 155 cm³/mol. The largest absolute Gasteiger partial charge is 0.455 e. The SMILES string of the molecule is CC1(C)c2cccnc2-c2nc(-c3ccc(-c4cc5c6ccccc6oc5c5ccccc45)cc3)ccc21. The van der Waals surface area contributed by atoms with Gasteiger partial charge in [0.2, 0.25) is 0 Å². The average Bonchev–Trinajstić information content (AvgIpc) is 3.45. The van der Waals surface area contributed by atoms with Crippen molar-refractivity contribution >= 4 is 32.7 Å². The number of benzene rings is 4. The van der Waals surface area contributed by atoms with Gasteiger partial charge in [-0.2, -0.15) is 0 Å². The molecule has 0 fully saturated rings. The van der Waals surface area contributed by atoms with Crippen LogP contribution in [0.2, 0.25) is 0 Å². The van der Waals surface area contributed by atoms with Crippen molar-refractivity contribution in [3.8, 4) is 33.8 Å². The first kappa shape index (κ1) is 21.3. The third-order valence-corrected chi connectivity index (χ3v) is 8.15. The van der Waals surface area contributed by atoms with Gasteiger partial charge in [-0.1, -0.05) is 92.7 Å². The third kappa shape index (κ3) is 2.90. The number of aromatic nitrogens is 2. The summed E-state index contributed by atoms with van der Waals surface area (Å²) in [5.41, 5.74) is 10.7. The lowest BCUT2D eigenvalue weighted by Gasteiger charge is -2.20. The third-order valence-electron chi connectivity index (χ3n) is 8.15. The van der Waals surface area contributed by atoms with E-state index in [9.17, 15) is 0 Å². The van der Waals surface area contributed by atoms with Crippen molar-refractivity contribution in [1.29, 1.82) is 0 Å². The quantitative estimate of drug-likeness (QED) is 0.243. The molecule has 0 spiro atoms. The van der Waals surface area contributed by atoms with E-state index in [2.05, 4.69) is 104 Å².